The Morgan fingerprint density at radius 2 is 2.35 bits per heavy atom. The first-order valence-corrected chi connectivity index (χ1v) is 7.24. The zero-order chi connectivity index (χ0) is 13.9. The van der Waals surface area contributed by atoms with Gasteiger partial charge in [-0.2, -0.15) is 0 Å². The maximum Gasteiger partial charge on any atom is 0.328 e. The van der Waals surface area contributed by atoms with Crippen molar-refractivity contribution in [2.24, 2.45) is 0 Å². The fraction of sp³-hybridized carbons (Fsp3) is 0.286. The summed E-state index contributed by atoms with van der Waals surface area (Å²) in [4.78, 5) is 19.4. The molecule has 0 atom stereocenters. The van der Waals surface area contributed by atoms with Crippen LogP contribution >= 0.6 is 11.3 Å². The second kappa shape index (κ2) is 5.60. The molecule has 0 spiro atoms. The minimum absolute atomic E-state index is 0.866. The average Bonchev–Trinajstić information content (AvgIpc) is 3.04. The van der Waals surface area contributed by atoms with E-state index < -0.39 is 5.97 Å². The summed E-state index contributed by atoms with van der Waals surface area (Å²) in [7, 11) is 0. The van der Waals surface area contributed by atoms with Crippen molar-refractivity contribution in [2.75, 3.05) is 6.54 Å². The van der Waals surface area contributed by atoms with Crippen molar-refractivity contribution in [3.8, 4) is 0 Å². The van der Waals surface area contributed by atoms with Crippen molar-refractivity contribution in [3.05, 3.63) is 46.2 Å². The van der Waals surface area contributed by atoms with Gasteiger partial charge in [0.1, 0.15) is 5.82 Å². The number of carboxylic acid groups (broad SMARTS) is 1. The Kier molecular flexibility index (Phi) is 3.66. The van der Waals surface area contributed by atoms with Gasteiger partial charge in [-0.1, -0.05) is 0 Å². The summed E-state index contributed by atoms with van der Waals surface area (Å²) in [5, 5.41) is 8.62. The zero-order valence-electron chi connectivity index (χ0n) is 10.9. The molecule has 5 nitrogen and oxygen atoms in total. The van der Waals surface area contributed by atoms with Gasteiger partial charge in [-0.25, -0.2) is 9.78 Å². The zero-order valence-corrected chi connectivity index (χ0v) is 11.7. The topological polar surface area (TPSA) is 58.4 Å². The highest BCUT2D eigenvalue weighted by atomic mass is 32.1. The van der Waals surface area contributed by atoms with Crippen LogP contribution in [0, 0.1) is 0 Å². The van der Waals surface area contributed by atoms with E-state index in [1.807, 2.05) is 18.5 Å². The van der Waals surface area contributed by atoms with Gasteiger partial charge in [-0.15, -0.1) is 11.3 Å². The van der Waals surface area contributed by atoms with Gasteiger partial charge < -0.3 is 9.67 Å². The van der Waals surface area contributed by atoms with Crippen LogP contribution in [0.3, 0.4) is 0 Å². The van der Waals surface area contributed by atoms with Gasteiger partial charge in [0.2, 0.25) is 0 Å². The summed E-state index contributed by atoms with van der Waals surface area (Å²) in [6.45, 7) is 3.75. The lowest BCUT2D eigenvalue weighted by Gasteiger charge is -2.26. The Labute approximate surface area is 120 Å². The molecule has 3 rings (SSSR count). The molecule has 0 bridgehead atoms. The Morgan fingerprint density at radius 1 is 1.45 bits per heavy atom. The summed E-state index contributed by atoms with van der Waals surface area (Å²) in [6, 6.07) is 4.03. The highest BCUT2D eigenvalue weighted by Crippen LogP contribution is 2.21. The quantitative estimate of drug-likeness (QED) is 0.875. The summed E-state index contributed by atoms with van der Waals surface area (Å²) < 4.78 is 2.19. The van der Waals surface area contributed by atoms with Gasteiger partial charge in [-0.05, 0) is 18.2 Å². The van der Waals surface area contributed by atoms with Gasteiger partial charge >= 0.3 is 5.97 Å². The Morgan fingerprint density at radius 3 is 3.20 bits per heavy atom. The third-order valence-electron chi connectivity index (χ3n) is 3.28. The molecule has 0 radical (unpaired) electrons. The molecule has 3 heterocycles. The van der Waals surface area contributed by atoms with Crippen molar-refractivity contribution in [1.82, 2.24) is 14.5 Å². The lowest BCUT2D eigenvalue weighted by atomic mass is 10.3. The first kappa shape index (κ1) is 13.1. The van der Waals surface area contributed by atoms with Crippen LogP contribution in [0.2, 0.25) is 0 Å². The molecule has 0 saturated carbocycles. The van der Waals surface area contributed by atoms with Crippen LogP contribution in [-0.4, -0.2) is 32.1 Å². The lowest BCUT2D eigenvalue weighted by molar-refractivity contribution is -0.131. The summed E-state index contributed by atoms with van der Waals surface area (Å²) in [5.74, 6) is 0.196. The van der Waals surface area contributed by atoms with E-state index in [1.54, 1.807) is 17.4 Å². The molecule has 0 unspecified atom stereocenters. The van der Waals surface area contributed by atoms with Crippen molar-refractivity contribution in [3.63, 3.8) is 0 Å². The van der Waals surface area contributed by atoms with Crippen LogP contribution in [0.4, 0.5) is 0 Å². The number of imidazole rings is 1. The normalized spacial score (nSPS) is 15.6. The first-order chi connectivity index (χ1) is 9.70. The molecule has 2 aromatic rings. The number of fused-ring (bicyclic) bond motifs is 1. The second-order valence-corrected chi connectivity index (χ2v) is 5.92. The van der Waals surface area contributed by atoms with Crippen LogP contribution in [0.15, 0.2) is 30.6 Å². The van der Waals surface area contributed by atoms with Crippen LogP contribution in [0.5, 0.6) is 0 Å². The Bertz CT molecular complexity index is 644. The number of hydrogen-bond donors (Lipinski definition) is 1. The monoisotopic (exact) mass is 289 g/mol. The molecular formula is C14H15N3O2S. The van der Waals surface area contributed by atoms with E-state index in [-0.39, 0.29) is 0 Å². The molecule has 20 heavy (non-hydrogen) atoms. The number of aliphatic carboxylic acids is 1. The Balaban J connectivity index is 1.63. The van der Waals surface area contributed by atoms with E-state index in [0.29, 0.717) is 0 Å². The average molecular weight is 289 g/mol. The van der Waals surface area contributed by atoms with Crippen molar-refractivity contribution < 1.29 is 9.90 Å². The molecule has 2 aromatic heterocycles. The molecule has 0 saturated heterocycles. The molecule has 1 aliphatic rings. The molecule has 1 N–H and O–H groups in total. The highest BCUT2D eigenvalue weighted by molar-refractivity contribution is 7.12. The number of carbonyl (C=O) groups is 1. The van der Waals surface area contributed by atoms with E-state index in [2.05, 4.69) is 20.5 Å². The molecule has 1 aliphatic heterocycles. The van der Waals surface area contributed by atoms with Crippen molar-refractivity contribution >= 4 is 23.4 Å². The molecule has 6 heteroatoms. The molecule has 104 valence electrons. The molecule has 0 aromatic carbocycles. The minimum Gasteiger partial charge on any atom is -0.478 e. The minimum atomic E-state index is -0.914. The predicted molar refractivity (Wildman–Crippen MR) is 77.3 cm³/mol. The number of aromatic nitrogens is 2. The summed E-state index contributed by atoms with van der Waals surface area (Å²) in [6.07, 6.45) is 6.68. The maximum absolute atomic E-state index is 10.5. The van der Waals surface area contributed by atoms with Gasteiger partial charge in [0.05, 0.1) is 6.54 Å². The van der Waals surface area contributed by atoms with Crippen LogP contribution < -0.4 is 0 Å². The number of nitrogens with zero attached hydrogens (tertiary/aromatic N) is 3. The highest BCUT2D eigenvalue weighted by Gasteiger charge is 2.16. The van der Waals surface area contributed by atoms with Gasteiger partial charge in [-0.3, -0.25) is 4.90 Å². The number of thiophene rings is 1. The number of carboxylic acids is 1. The van der Waals surface area contributed by atoms with E-state index in [1.165, 1.54) is 11.0 Å². The smallest absolute Gasteiger partial charge is 0.328 e. The Hall–Kier alpha value is -1.92. The second-order valence-electron chi connectivity index (χ2n) is 4.72. The van der Waals surface area contributed by atoms with E-state index in [9.17, 15) is 4.79 Å². The maximum atomic E-state index is 10.5. The van der Waals surface area contributed by atoms with Crippen LogP contribution in [-0.2, 0) is 24.4 Å². The predicted octanol–water partition coefficient (Wildman–Crippen LogP) is 2.06. The lowest BCUT2D eigenvalue weighted by Crippen LogP contribution is -2.32. The van der Waals surface area contributed by atoms with Crippen molar-refractivity contribution in [1.29, 1.82) is 0 Å². The van der Waals surface area contributed by atoms with Gasteiger partial charge in [0.15, 0.2) is 0 Å². The van der Waals surface area contributed by atoms with Crippen LogP contribution in [0.25, 0.3) is 6.08 Å². The molecule has 0 amide bonds. The molecular weight excluding hydrogens is 274 g/mol. The van der Waals surface area contributed by atoms with Crippen molar-refractivity contribution in [2.45, 2.75) is 19.6 Å². The largest absolute Gasteiger partial charge is 0.478 e. The summed E-state index contributed by atoms with van der Waals surface area (Å²) >= 11 is 1.63. The molecule has 0 aliphatic carbocycles. The van der Waals surface area contributed by atoms with E-state index in [0.717, 1.165) is 36.9 Å². The van der Waals surface area contributed by atoms with Crippen LogP contribution in [0.1, 0.15) is 15.6 Å². The standard InChI is InChI=1S/C14H15N3O2S/c18-14(19)4-3-11-1-2-12(20-11)9-16-7-8-17-6-5-15-13(17)10-16/h1-6H,7-10H2,(H,18,19). The SMILES string of the molecule is O=C(O)C=Cc1ccc(CN2CCn3ccnc3C2)s1. The fourth-order valence-electron chi connectivity index (χ4n) is 2.30. The molecule has 0 fully saturated rings. The third kappa shape index (κ3) is 2.97. The third-order valence-corrected chi connectivity index (χ3v) is 4.31. The fourth-order valence-corrected chi connectivity index (χ4v) is 3.26. The summed E-state index contributed by atoms with van der Waals surface area (Å²) in [5.41, 5.74) is 0. The number of rotatable bonds is 4. The van der Waals surface area contributed by atoms with E-state index >= 15 is 0 Å². The first-order valence-electron chi connectivity index (χ1n) is 6.43. The van der Waals surface area contributed by atoms with Gasteiger partial charge in [0, 0.05) is 47.9 Å². The van der Waals surface area contributed by atoms with E-state index in [4.69, 9.17) is 5.11 Å². The van der Waals surface area contributed by atoms with Gasteiger partial charge in [0.25, 0.3) is 0 Å². The number of hydrogen-bond acceptors (Lipinski definition) is 4.